The van der Waals surface area contributed by atoms with E-state index in [2.05, 4.69) is 31.2 Å². The number of anilines is 2. The number of aromatic nitrogens is 4. The number of carbonyl (C=O) groups is 1. The summed E-state index contributed by atoms with van der Waals surface area (Å²) >= 11 is 0. The van der Waals surface area contributed by atoms with Crippen molar-refractivity contribution in [1.29, 1.82) is 0 Å². The van der Waals surface area contributed by atoms with E-state index in [1.54, 1.807) is 23.0 Å². The minimum absolute atomic E-state index is 0.0888. The van der Waals surface area contributed by atoms with Crippen LogP contribution in [0.1, 0.15) is 23.3 Å². The van der Waals surface area contributed by atoms with Crippen molar-refractivity contribution in [2.75, 3.05) is 29.9 Å². The lowest BCUT2D eigenvalue weighted by molar-refractivity contribution is 0.102. The van der Waals surface area contributed by atoms with E-state index in [4.69, 9.17) is 11.2 Å². The maximum atomic E-state index is 12.7. The molecule has 1 amide bonds. The second-order valence-corrected chi connectivity index (χ2v) is 6.61. The van der Waals surface area contributed by atoms with Crippen LogP contribution in [-0.4, -0.2) is 45.4 Å². The number of aryl methyl sites for hydroxylation is 1. The van der Waals surface area contributed by atoms with Gasteiger partial charge in [-0.1, -0.05) is 5.92 Å². The van der Waals surface area contributed by atoms with Crippen LogP contribution in [0.25, 0.3) is 10.9 Å². The van der Waals surface area contributed by atoms with Crippen molar-refractivity contribution >= 4 is 28.3 Å². The highest BCUT2D eigenvalue weighted by molar-refractivity contribution is 6.04. The van der Waals surface area contributed by atoms with Crippen LogP contribution in [0.5, 0.6) is 5.75 Å². The fraction of sp³-hybridized carbons (Fsp3) is 0.300. The Morgan fingerprint density at radius 2 is 2.11 bits per heavy atom. The van der Waals surface area contributed by atoms with E-state index < -0.39 is 0 Å². The molecule has 142 valence electrons. The van der Waals surface area contributed by atoms with E-state index in [9.17, 15) is 4.79 Å². The molecule has 1 aliphatic heterocycles. The van der Waals surface area contributed by atoms with E-state index in [0.717, 1.165) is 42.7 Å². The highest BCUT2D eigenvalue weighted by Gasteiger charge is 2.17. The monoisotopic (exact) mass is 376 g/mol. The van der Waals surface area contributed by atoms with Gasteiger partial charge in [-0.25, -0.2) is 9.97 Å². The number of hydrogen-bond donors (Lipinski definition) is 1. The summed E-state index contributed by atoms with van der Waals surface area (Å²) in [6.07, 6.45) is 12.6. The summed E-state index contributed by atoms with van der Waals surface area (Å²) in [5.41, 5.74) is 1.49. The Labute approximate surface area is 162 Å². The Hall–Kier alpha value is -3.60. The van der Waals surface area contributed by atoms with Crippen molar-refractivity contribution < 1.29 is 9.53 Å². The maximum Gasteiger partial charge on any atom is 0.275 e. The smallest absolute Gasteiger partial charge is 0.275 e. The number of fused-ring (bicyclic) bond motifs is 1. The molecule has 1 aromatic carbocycles. The van der Waals surface area contributed by atoms with Crippen LogP contribution in [-0.2, 0) is 7.05 Å². The molecule has 1 fully saturated rings. The standard InChI is InChI=1S/C20H20N6O2/c1-3-8-28-18-10-15-14(13-25(2)24-15)9-16(18)23-20(27)17-11-22-19(12-21-17)26-6-4-5-7-26/h1,9-13H,4-8H2,2H3,(H,23,27). The van der Waals surface area contributed by atoms with Gasteiger partial charge in [0.1, 0.15) is 23.9 Å². The van der Waals surface area contributed by atoms with Crippen LogP contribution >= 0.6 is 0 Å². The number of carbonyl (C=O) groups excluding carboxylic acids is 1. The van der Waals surface area contributed by atoms with E-state index >= 15 is 0 Å². The highest BCUT2D eigenvalue weighted by Crippen LogP contribution is 2.30. The molecule has 3 heterocycles. The summed E-state index contributed by atoms with van der Waals surface area (Å²) in [6, 6.07) is 3.56. The summed E-state index contributed by atoms with van der Waals surface area (Å²) in [4.78, 5) is 23.5. The van der Waals surface area contributed by atoms with Crippen molar-refractivity contribution in [3.8, 4) is 18.1 Å². The molecule has 0 bridgehead atoms. The molecule has 0 unspecified atom stereocenters. The first-order valence-corrected chi connectivity index (χ1v) is 9.06. The van der Waals surface area contributed by atoms with E-state index in [1.165, 1.54) is 6.20 Å². The number of amides is 1. The molecular formula is C20H20N6O2. The first kappa shape index (κ1) is 17.8. The largest absolute Gasteiger partial charge is 0.479 e. The van der Waals surface area contributed by atoms with Crippen LogP contribution in [0.2, 0.25) is 0 Å². The molecule has 0 atom stereocenters. The van der Waals surface area contributed by atoms with Crippen molar-refractivity contribution in [3.63, 3.8) is 0 Å². The lowest BCUT2D eigenvalue weighted by Gasteiger charge is -2.15. The Balaban J connectivity index is 1.57. The number of benzene rings is 1. The normalized spacial score (nSPS) is 13.5. The molecule has 3 aromatic rings. The van der Waals surface area contributed by atoms with Gasteiger partial charge in [0.25, 0.3) is 5.91 Å². The second kappa shape index (κ2) is 7.56. The van der Waals surface area contributed by atoms with E-state index in [0.29, 0.717) is 11.4 Å². The molecule has 0 saturated carbocycles. The first-order valence-electron chi connectivity index (χ1n) is 9.06. The van der Waals surface area contributed by atoms with Gasteiger partial charge in [-0.15, -0.1) is 6.42 Å². The average Bonchev–Trinajstić information content (AvgIpc) is 3.35. The molecule has 2 aromatic heterocycles. The van der Waals surface area contributed by atoms with Gasteiger partial charge in [0.15, 0.2) is 0 Å². The number of nitrogens with one attached hydrogen (secondary N) is 1. The molecule has 1 aliphatic rings. The fourth-order valence-electron chi connectivity index (χ4n) is 3.25. The summed E-state index contributed by atoms with van der Waals surface area (Å²) in [5, 5.41) is 8.07. The number of ether oxygens (including phenoxy) is 1. The quantitative estimate of drug-likeness (QED) is 0.688. The van der Waals surface area contributed by atoms with E-state index in [1.807, 2.05) is 13.2 Å². The van der Waals surface area contributed by atoms with Crippen LogP contribution < -0.4 is 15.0 Å². The summed E-state index contributed by atoms with van der Waals surface area (Å²) in [6.45, 7) is 2.04. The predicted octanol–water partition coefficient (Wildman–Crippen LogP) is 2.23. The van der Waals surface area contributed by atoms with Crippen molar-refractivity contribution in [2.45, 2.75) is 12.8 Å². The van der Waals surface area contributed by atoms with Crippen LogP contribution in [0.4, 0.5) is 11.5 Å². The number of terminal acetylenes is 1. The predicted molar refractivity (Wildman–Crippen MR) is 106 cm³/mol. The molecule has 1 N–H and O–H groups in total. The summed E-state index contributed by atoms with van der Waals surface area (Å²) in [5.74, 6) is 3.31. The Morgan fingerprint density at radius 1 is 1.29 bits per heavy atom. The number of hydrogen-bond acceptors (Lipinski definition) is 6. The molecule has 4 rings (SSSR count). The van der Waals surface area contributed by atoms with Gasteiger partial charge in [-0.3, -0.25) is 9.48 Å². The average molecular weight is 376 g/mol. The van der Waals surface area contributed by atoms with Gasteiger partial charge in [-0.2, -0.15) is 5.10 Å². The number of rotatable bonds is 5. The third kappa shape index (κ3) is 3.60. The lowest BCUT2D eigenvalue weighted by atomic mass is 10.2. The molecule has 0 aliphatic carbocycles. The van der Waals surface area contributed by atoms with Crippen LogP contribution in [0, 0.1) is 12.3 Å². The summed E-state index contributed by atoms with van der Waals surface area (Å²) < 4.78 is 7.28. The Kier molecular flexibility index (Phi) is 4.81. The molecule has 8 nitrogen and oxygen atoms in total. The zero-order valence-corrected chi connectivity index (χ0v) is 15.6. The van der Waals surface area contributed by atoms with Crippen LogP contribution in [0.15, 0.2) is 30.7 Å². The summed E-state index contributed by atoms with van der Waals surface area (Å²) in [7, 11) is 1.83. The van der Waals surface area contributed by atoms with Gasteiger partial charge in [0.2, 0.25) is 0 Å². The zero-order chi connectivity index (χ0) is 19.5. The van der Waals surface area contributed by atoms with Gasteiger partial charge < -0.3 is 15.0 Å². The molecule has 1 saturated heterocycles. The third-order valence-corrected chi connectivity index (χ3v) is 4.58. The maximum absolute atomic E-state index is 12.7. The van der Waals surface area contributed by atoms with Gasteiger partial charge in [0.05, 0.1) is 23.6 Å². The topological polar surface area (TPSA) is 85.2 Å². The van der Waals surface area contributed by atoms with Crippen LogP contribution in [0.3, 0.4) is 0 Å². The van der Waals surface area contributed by atoms with Crippen molar-refractivity contribution in [1.82, 2.24) is 19.7 Å². The third-order valence-electron chi connectivity index (χ3n) is 4.58. The van der Waals surface area contributed by atoms with Gasteiger partial charge in [0, 0.05) is 37.8 Å². The van der Waals surface area contributed by atoms with Crippen molar-refractivity contribution in [2.24, 2.45) is 7.05 Å². The molecule has 0 spiro atoms. The molecular weight excluding hydrogens is 356 g/mol. The molecule has 28 heavy (non-hydrogen) atoms. The second-order valence-electron chi connectivity index (χ2n) is 6.61. The fourth-order valence-corrected chi connectivity index (χ4v) is 3.25. The van der Waals surface area contributed by atoms with Gasteiger partial charge >= 0.3 is 0 Å². The Morgan fingerprint density at radius 3 is 2.82 bits per heavy atom. The minimum atomic E-state index is -0.366. The van der Waals surface area contributed by atoms with E-state index in [-0.39, 0.29) is 18.2 Å². The minimum Gasteiger partial charge on any atom is -0.479 e. The lowest BCUT2D eigenvalue weighted by Crippen LogP contribution is -2.20. The Bertz CT molecular complexity index is 1040. The first-order chi connectivity index (χ1) is 13.6. The van der Waals surface area contributed by atoms with Crippen molar-refractivity contribution in [3.05, 3.63) is 36.4 Å². The molecule has 8 heteroatoms. The van der Waals surface area contributed by atoms with Gasteiger partial charge in [-0.05, 0) is 18.9 Å². The number of nitrogens with zero attached hydrogens (tertiary/aromatic N) is 5. The zero-order valence-electron chi connectivity index (χ0n) is 15.6. The SMILES string of the molecule is C#CCOc1cc2nn(C)cc2cc1NC(=O)c1cnc(N2CCCC2)cn1. The molecule has 0 radical (unpaired) electrons. The highest BCUT2D eigenvalue weighted by atomic mass is 16.5.